The predicted octanol–water partition coefficient (Wildman–Crippen LogP) is 3.00. The van der Waals surface area contributed by atoms with Crippen molar-refractivity contribution >= 4 is 38.9 Å². The van der Waals surface area contributed by atoms with Crippen molar-refractivity contribution in [2.24, 2.45) is 0 Å². The van der Waals surface area contributed by atoms with Crippen LogP contribution in [0.2, 0.25) is 0 Å². The molecule has 122 valence electrons. The number of benzene rings is 1. The lowest BCUT2D eigenvalue weighted by molar-refractivity contribution is -0.899. The molecule has 1 amide bonds. The number of carbonyl (C=O) groups excluding carboxylic acids is 1. The number of hydrogen-bond acceptors (Lipinski definition) is 2. The van der Waals surface area contributed by atoms with Gasteiger partial charge in [0.05, 0.1) is 20.9 Å². The number of hydrogen-bond donors (Lipinski definition) is 2. The van der Waals surface area contributed by atoms with Crippen LogP contribution in [0.25, 0.3) is 0 Å². The molecule has 0 spiro atoms. The summed E-state index contributed by atoms with van der Waals surface area (Å²) in [6.07, 6.45) is 1.73. The number of halogens is 3. The second-order valence-electron chi connectivity index (χ2n) is 4.97. The number of rotatable bonds is 7. The number of nitrogens with one attached hydrogen (secondary N) is 2. The molecular weight excluding hydrogens is 386 g/mol. The Balaban J connectivity index is 1.99. The van der Waals surface area contributed by atoms with Gasteiger partial charge in [-0.2, -0.15) is 0 Å². The zero-order chi connectivity index (χ0) is 16.8. The molecule has 2 aromatic rings. The lowest BCUT2D eigenvalue weighted by Crippen LogP contribution is -3.11. The summed E-state index contributed by atoms with van der Waals surface area (Å²) in [4.78, 5) is 14.2. The molecule has 0 aliphatic rings. The Hall–Kier alpha value is -1.57. The normalized spacial score (nSPS) is 12.0. The van der Waals surface area contributed by atoms with E-state index in [4.69, 9.17) is 0 Å². The van der Waals surface area contributed by atoms with Gasteiger partial charge in [0.15, 0.2) is 6.54 Å². The summed E-state index contributed by atoms with van der Waals surface area (Å²) in [5.74, 6) is -1.63. The number of thiophene rings is 1. The lowest BCUT2D eigenvalue weighted by atomic mass is 10.3. The average molecular weight is 402 g/mol. The van der Waals surface area contributed by atoms with E-state index in [1.165, 1.54) is 0 Å². The first-order valence-electron chi connectivity index (χ1n) is 6.91. The molecule has 2 rings (SSSR count). The highest BCUT2D eigenvalue weighted by Gasteiger charge is 2.16. The van der Waals surface area contributed by atoms with Gasteiger partial charge in [-0.25, -0.2) is 8.78 Å². The van der Waals surface area contributed by atoms with E-state index in [2.05, 4.69) is 27.8 Å². The van der Waals surface area contributed by atoms with Gasteiger partial charge in [-0.1, -0.05) is 6.58 Å². The fraction of sp³-hybridized carbons (Fsp3) is 0.188. The molecule has 0 aliphatic heterocycles. The van der Waals surface area contributed by atoms with Crippen molar-refractivity contribution in [3.8, 4) is 0 Å². The van der Waals surface area contributed by atoms with Crippen molar-refractivity contribution in [3.63, 3.8) is 0 Å². The third-order valence-corrected chi connectivity index (χ3v) is 4.72. The van der Waals surface area contributed by atoms with Gasteiger partial charge < -0.3 is 10.2 Å². The maximum Gasteiger partial charge on any atom is 0.279 e. The molecule has 2 N–H and O–H groups in total. The Kier molecular flexibility index (Phi) is 6.44. The van der Waals surface area contributed by atoms with E-state index >= 15 is 0 Å². The summed E-state index contributed by atoms with van der Waals surface area (Å²) in [7, 11) is 0. The summed E-state index contributed by atoms with van der Waals surface area (Å²) in [5.41, 5.74) is -0.146. The van der Waals surface area contributed by atoms with Crippen molar-refractivity contribution in [1.29, 1.82) is 0 Å². The third kappa shape index (κ3) is 5.53. The highest BCUT2D eigenvalue weighted by atomic mass is 79.9. The predicted molar refractivity (Wildman–Crippen MR) is 91.6 cm³/mol. The SMILES string of the molecule is C=CC[NH+](CC(=O)Nc1cc(F)ccc1F)Cc1ccc(Br)s1. The summed E-state index contributed by atoms with van der Waals surface area (Å²) in [6.45, 7) is 5.08. The average Bonchev–Trinajstić information content (AvgIpc) is 2.88. The molecule has 1 aromatic carbocycles. The fourth-order valence-electron chi connectivity index (χ4n) is 2.12. The van der Waals surface area contributed by atoms with Gasteiger partial charge in [-0.3, -0.25) is 4.79 Å². The van der Waals surface area contributed by atoms with E-state index in [-0.39, 0.29) is 18.1 Å². The summed E-state index contributed by atoms with van der Waals surface area (Å²) in [6, 6.07) is 6.91. The number of anilines is 1. The Labute approximate surface area is 145 Å². The Morgan fingerprint density at radius 3 is 2.78 bits per heavy atom. The van der Waals surface area contributed by atoms with Crippen molar-refractivity contribution in [2.75, 3.05) is 18.4 Å². The molecule has 1 unspecified atom stereocenters. The van der Waals surface area contributed by atoms with Crippen molar-refractivity contribution in [2.45, 2.75) is 6.54 Å². The maximum atomic E-state index is 13.6. The van der Waals surface area contributed by atoms with Crippen LogP contribution in [0.1, 0.15) is 4.88 Å². The number of amides is 1. The van der Waals surface area contributed by atoms with Crippen LogP contribution in [-0.2, 0) is 11.3 Å². The monoisotopic (exact) mass is 401 g/mol. The summed E-state index contributed by atoms with van der Waals surface area (Å²) < 4.78 is 27.7. The molecule has 0 saturated heterocycles. The number of quaternary nitrogens is 1. The topological polar surface area (TPSA) is 33.5 Å². The van der Waals surface area contributed by atoms with Crippen molar-refractivity contribution < 1.29 is 18.5 Å². The van der Waals surface area contributed by atoms with E-state index in [9.17, 15) is 13.6 Å². The van der Waals surface area contributed by atoms with E-state index < -0.39 is 11.6 Å². The highest BCUT2D eigenvalue weighted by Crippen LogP contribution is 2.21. The van der Waals surface area contributed by atoms with Gasteiger partial charge in [-0.15, -0.1) is 11.3 Å². The van der Waals surface area contributed by atoms with Crippen molar-refractivity contribution in [3.05, 3.63) is 63.3 Å². The van der Waals surface area contributed by atoms with Crippen LogP contribution in [-0.4, -0.2) is 19.0 Å². The van der Waals surface area contributed by atoms with Crippen LogP contribution in [0.4, 0.5) is 14.5 Å². The fourth-order valence-corrected chi connectivity index (χ4v) is 3.67. The zero-order valence-electron chi connectivity index (χ0n) is 12.2. The van der Waals surface area contributed by atoms with E-state index in [0.717, 1.165) is 31.8 Å². The maximum absolute atomic E-state index is 13.6. The summed E-state index contributed by atoms with van der Waals surface area (Å²) >= 11 is 5.00. The van der Waals surface area contributed by atoms with Crippen LogP contribution in [0.15, 0.2) is 46.8 Å². The largest absolute Gasteiger partial charge is 0.319 e. The minimum atomic E-state index is -0.660. The van der Waals surface area contributed by atoms with Crippen LogP contribution in [0.3, 0.4) is 0 Å². The first-order valence-corrected chi connectivity index (χ1v) is 8.52. The lowest BCUT2D eigenvalue weighted by Gasteiger charge is -2.17. The van der Waals surface area contributed by atoms with Crippen molar-refractivity contribution in [1.82, 2.24) is 0 Å². The van der Waals surface area contributed by atoms with Gasteiger partial charge >= 0.3 is 0 Å². The molecule has 1 aromatic heterocycles. The van der Waals surface area contributed by atoms with Crippen LogP contribution >= 0.6 is 27.3 Å². The van der Waals surface area contributed by atoms with Gasteiger partial charge in [0.1, 0.15) is 18.2 Å². The molecule has 0 fully saturated rings. The molecule has 7 heteroatoms. The van der Waals surface area contributed by atoms with Crippen LogP contribution < -0.4 is 10.2 Å². The molecule has 0 radical (unpaired) electrons. The highest BCUT2D eigenvalue weighted by molar-refractivity contribution is 9.11. The van der Waals surface area contributed by atoms with Gasteiger partial charge in [0.25, 0.3) is 5.91 Å². The second-order valence-corrected chi connectivity index (χ2v) is 7.52. The van der Waals surface area contributed by atoms with Crippen LogP contribution in [0.5, 0.6) is 0 Å². The minimum absolute atomic E-state index is 0.136. The smallest absolute Gasteiger partial charge is 0.279 e. The standard InChI is InChI=1S/C16H15BrF2N2OS/c1-2-7-21(9-12-4-6-15(17)23-12)10-16(22)20-14-8-11(18)3-5-13(14)19/h2-6,8H,1,7,9-10H2,(H,20,22)/p+1. The number of carbonyl (C=O) groups is 1. The molecule has 1 atom stereocenters. The van der Waals surface area contributed by atoms with E-state index in [1.807, 2.05) is 12.1 Å². The van der Waals surface area contributed by atoms with E-state index in [0.29, 0.717) is 13.1 Å². The van der Waals surface area contributed by atoms with Gasteiger partial charge in [0.2, 0.25) is 0 Å². The van der Waals surface area contributed by atoms with Gasteiger partial charge in [-0.05, 0) is 46.3 Å². The second kappa shape index (κ2) is 8.33. The summed E-state index contributed by atoms with van der Waals surface area (Å²) in [5, 5.41) is 2.42. The third-order valence-electron chi connectivity index (χ3n) is 3.10. The van der Waals surface area contributed by atoms with Gasteiger partial charge in [0, 0.05) is 6.07 Å². The molecular formula is C16H16BrF2N2OS+. The Bertz CT molecular complexity index is 705. The molecule has 23 heavy (non-hydrogen) atoms. The Morgan fingerprint density at radius 1 is 1.35 bits per heavy atom. The first kappa shape index (κ1) is 17.8. The van der Waals surface area contributed by atoms with Crippen LogP contribution in [0, 0.1) is 11.6 Å². The zero-order valence-corrected chi connectivity index (χ0v) is 14.6. The quantitative estimate of drug-likeness (QED) is 0.687. The Morgan fingerprint density at radius 2 is 2.13 bits per heavy atom. The minimum Gasteiger partial charge on any atom is -0.319 e. The van der Waals surface area contributed by atoms with E-state index in [1.54, 1.807) is 17.4 Å². The molecule has 3 nitrogen and oxygen atoms in total. The molecule has 0 saturated carbocycles. The molecule has 0 bridgehead atoms. The first-order chi connectivity index (χ1) is 11.0. The molecule has 0 aliphatic carbocycles. The molecule has 1 heterocycles.